The van der Waals surface area contributed by atoms with Crippen LogP contribution in [0.2, 0.25) is 0 Å². The van der Waals surface area contributed by atoms with E-state index in [4.69, 9.17) is 11.6 Å². The molecule has 0 saturated carbocycles. The average molecular weight is 227 g/mol. The molecule has 1 aromatic rings. The topological polar surface area (TPSA) is 44.3 Å². The van der Waals surface area contributed by atoms with Crippen molar-refractivity contribution in [1.82, 2.24) is 5.32 Å². The van der Waals surface area contributed by atoms with Crippen LogP contribution in [0.5, 0.6) is 0 Å². The van der Waals surface area contributed by atoms with Crippen LogP contribution in [0, 0.1) is 0 Å². The molecule has 0 amide bonds. The summed E-state index contributed by atoms with van der Waals surface area (Å²) in [6.07, 6.45) is -0.488. The van der Waals surface area contributed by atoms with Crippen LogP contribution in [0.4, 0.5) is 5.69 Å². The van der Waals surface area contributed by atoms with Crippen molar-refractivity contribution < 1.29 is 5.11 Å². The van der Waals surface area contributed by atoms with E-state index in [-0.39, 0.29) is 5.88 Å². The van der Waals surface area contributed by atoms with E-state index in [9.17, 15) is 5.11 Å². The van der Waals surface area contributed by atoms with Crippen LogP contribution in [-0.2, 0) is 13.1 Å². The lowest BCUT2D eigenvalue weighted by atomic mass is 10.1. The van der Waals surface area contributed by atoms with Gasteiger partial charge in [0.05, 0.1) is 12.0 Å². The Bertz CT molecular complexity index is 343. The summed E-state index contributed by atoms with van der Waals surface area (Å²) in [7, 11) is 0. The molecule has 0 spiro atoms. The van der Waals surface area contributed by atoms with Crippen molar-refractivity contribution in [3.8, 4) is 0 Å². The van der Waals surface area contributed by atoms with E-state index in [0.29, 0.717) is 6.54 Å². The smallest absolute Gasteiger partial charge is 0.0847 e. The summed E-state index contributed by atoms with van der Waals surface area (Å²) >= 11 is 5.51. The molecule has 0 aromatic heterocycles. The number of benzene rings is 1. The largest absolute Gasteiger partial charge is 0.390 e. The van der Waals surface area contributed by atoms with Gasteiger partial charge >= 0.3 is 0 Å². The Morgan fingerprint density at radius 3 is 3.00 bits per heavy atom. The minimum absolute atomic E-state index is 0.263. The number of hydrogen-bond acceptors (Lipinski definition) is 3. The molecule has 0 aliphatic carbocycles. The first-order valence-corrected chi connectivity index (χ1v) is 5.63. The van der Waals surface area contributed by atoms with Gasteiger partial charge in [0.2, 0.25) is 0 Å². The predicted octanol–water partition coefficient (Wildman–Crippen LogP) is 1.30. The lowest BCUT2D eigenvalue weighted by Gasteiger charge is -2.10. The van der Waals surface area contributed by atoms with E-state index in [2.05, 4.69) is 22.8 Å². The summed E-state index contributed by atoms with van der Waals surface area (Å²) in [5.74, 6) is 0.263. The van der Waals surface area contributed by atoms with Crippen molar-refractivity contribution in [3.05, 3.63) is 29.3 Å². The van der Waals surface area contributed by atoms with E-state index in [1.807, 2.05) is 6.07 Å². The fourth-order valence-corrected chi connectivity index (χ4v) is 1.80. The highest BCUT2D eigenvalue weighted by molar-refractivity contribution is 6.18. The molecule has 3 nitrogen and oxygen atoms in total. The number of anilines is 1. The van der Waals surface area contributed by atoms with Gasteiger partial charge in [-0.1, -0.05) is 6.07 Å². The van der Waals surface area contributed by atoms with Crippen molar-refractivity contribution >= 4 is 17.3 Å². The zero-order valence-electron chi connectivity index (χ0n) is 8.46. The second-order valence-corrected chi connectivity index (χ2v) is 4.08. The monoisotopic (exact) mass is 226 g/mol. The van der Waals surface area contributed by atoms with E-state index in [1.165, 1.54) is 11.1 Å². The van der Waals surface area contributed by atoms with E-state index in [1.54, 1.807) is 0 Å². The van der Waals surface area contributed by atoms with Gasteiger partial charge in [0.1, 0.15) is 0 Å². The fourth-order valence-electron chi connectivity index (χ4n) is 1.69. The third kappa shape index (κ3) is 2.62. The van der Waals surface area contributed by atoms with E-state index < -0.39 is 6.10 Å². The minimum Gasteiger partial charge on any atom is -0.390 e. The van der Waals surface area contributed by atoms with Crippen LogP contribution in [0.1, 0.15) is 11.1 Å². The Morgan fingerprint density at radius 1 is 1.40 bits per heavy atom. The Hall–Kier alpha value is -0.770. The number of rotatable bonds is 4. The van der Waals surface area contributed by atoms with E-state index in [0.717, 1.165) is 18.8 Å². The molecule has 1 heterocycles. The molecule has 0 fully saturated rings. The molecule has 1 aliphatic rings. The van der Waals surface area contributed by atoms with Gasteiger partial charge in [0.25, 0.3) is 0 Å². The summed E-state index contributed by atoms with van der Waals surface area (Å²) in [5.41, 5.74) is 3.74. The van der Waals surface area contributed by atoms with Crippen LogP contribution in [0.3, 0.4) is 0 Å². The molecule has 4 heteroatoms. The Kier molecular flexibility index (Phi) is 3.46. The maximum absolute atomic E-state index is 9.31. The summed E-state index contributed by atoms with van der Waals surface area (Å²) in [4.78, 5) is 0. The standard InChI is InChI=1S/C11H15ClN2O/c12-4-11(15)7-14-10-2-1-8-5-13-6-9(8)3-10/h1-3,11,13-15H,4-7H2. The zero-order valence-corrected chi connectivity index (χ0v) is 9.22. The highest BCUT2D eigenvalue weighted by Gasteiger charge is 2.10. The number of nitrogens with one attached hydrogen (secondary N) is 2. The molecular formula is C11H15ClN2O. The van der Waals surface area contributed by atoms with Crippen LogP contribution in [0.15, 0.2) is 18.2 Å². The molecule has 1 aromatic carbocycles. The van der Waals surface area contributed by atoms with Crippen molar-refractivity contribution in [2.75, 3.05) is 17.7 Å². The maximum atomic E-state index is 9.31. The third-order valence-corrected chi connectivity index (χ3v) is 2.91. The second kappa shape index (κ2) is 4.84. The molecule has 3 N–H and O–H groups in total. The van der Waals surface area contributed by atoms with Crippen LogP contribution < -0.4 is 10.6 Å². The third-order valence-electron chi connectivity index (χ3n) is 2.56. The van der Waals surface area contributed by atoms with Crippen LogP contribution >= 0.6 is 11.6 Å². The van der Waals surface area contributed by atoms with Gasteiger partial charge in [-0.2, -0.15) is 0 Å². The second-order valence-electron chi connectivity index (χ2n) is 3.78. The first-order chi connectivity index (χ1) is 7.29. The highest BCUT2D eigenvalue weighted by Crippen LogP contribution is 2.19. The SMILES string of the molecule is OC(CCl)CNc1ccc2c(c1)CNC2. The van der Waals surface area contributed by atoms with Gasteiger partial charge in [0, 0.05) is 25.3 Å². The molecule has 1 aliphatic heterocycles. The van der Waals surface area contributed by atoms with Gasteiger partial charge < -0.3 is 15.7 Å². The fraction of sp³-hybridized carbons (Fsp3) is 0.455. The van der Waals surface area contributed by atoms with E-state index >= 15 is 0 Å². The van der Waals surface area contributed by atoms with Crippen LogP contribution in [0.25, 0.3) is 0 Å². The molecule has 15 heavy (non-hydrogen) atoms. The number of alkyl halides is 1. The summed E-state index contributed by atoms with van der Waals surface area (Å²) < 4.78 is 0. The van der Waals surface area contributed by atoms with Gasteiger partial charge in [-0.15, -0.1) is 11.6 Å². The molecule has 0 saturated heterocycles. The first kappa shape index (κ1) is 10.7. The summed E-state index contributed by atoms with van der Waals surface area (Å²) in [6, 6.07) is 6.27. The van der Waals surface area contributed by atoms with Crippen molar-refractivity contribution in [2.24, 2.45) is 0 Å². The van der Waals surface area contributed by atoms with Gasteiger partial charge in [-0.05, 0) is 23.3 Å². The lowest BCUT2D eigenvalue weighted by Crippen LogP contribution is -2.20. The number of aliphatic hydroxyl groups excluding tert-OH is 1. The van der Waals surface area contributed by atoms with Crippen molar-refractivity contribution in [2.45, 2.75) is 19.2 Å². The number of fused-ring (bicyclic) bond motifs is 1. The van der Waals surface area contributed by atoms with Gasteiger partial charge in [-0.3, -0.25) is 0 Å². The molecule has 0 bridgehead atoms. The number of halogens is 1. The summed E-state index contributed by atoms with van der Waals surface area (Å²) in [5, 5.41) is 15.8. The Balaban J connectivity index is 1.98. The normalized spacial score (nSPS) is 16.1. The molecule has 1 unspecified atom stereocenters. The quantitative estimate of drug-likeness (QED) is 0.679. The molecule has 0 radical (unpaired) electrons. The lowest BCUT2D eigenvalue weighted by molar-refractivity contribution is 0.211. The molecule has 1 atom stereocenters. The molecular weight excluding hydrogens is 212 g/mol. The molecule has 2 rings (SSSR count). The Labute approximate surface area is 94.4 Å². The first-order valence-electron chi connectivity index (χ1n) is 5.10. The molecule has 82 valence electrons. The van der Waals surface area contributed by atoms with Gasteiger partial charge in [0.15, 0.2) is 0 Å². The number of aliphatic hydroxyl groups is 1. The summed E-state index contributed by atoms with van der Waals surface area (Å²) in [6.45, 7) is 2.39. The van der Waals surface area contributed by atoms with Crippen molar-refractivity contribution in [3.63, 3.8) is 0 Å². The predicted molar refractivity (Wildman–Crippen MR) is 62.2 cm³/mol. The van der Waals surface area contributed by atoms with Crippen LogP contribution in [-0.4, -0.2) is 23.6 Å². The highest BCUT2D eigenvalue weighted by atomic mass is 35.5. The number of hydrogen-bond donors (Lipinski definition) is 3. The van der Waals surface area contributed by atoms with Gasteiger partial charge in [-0.25, -0.2) is 0 Å². The zero-order chi connectivity index (χ0) is 10.7. The minimum atomic E-state index is -0.488. The Morgan fingerprint density at radius 2 is 2.20 bits per heavy atom. The maximum Gasteiger partial charge on any atom is 0.0847 e. The average Bonchev–Trinajstić information content (AvgIpc) is 2.72. The van der Waals surface area contributed by atoms with Crippen molar-refractivity contribution in [1.29, 1.82) is 0 Å².